The molecule has 4 heterocycles. The van der Waals surface area contributed by atoms with Crippen LogP contribution in [-0.4, -0.2) is 60.3 Å². The molecule has 0 bridgehead atoms. The lowest BCUT2D eigenvalue weighted by Gasteiger charge is -2.35. The summed E-state index contributed by atoms with van der Waals surface area (Å²) in [5.41, 5.74) is 2.31. The molecule has 1 aliphatic rings. The van der Waals surface area contributed by atoms with Crippen molar-refractivity contribution in [3.63, 3.8) is 0 Å². The number of likely N-dealkylation sites (tertiary alicyclic amines) is 1. The Morgan fingerprint density at radius 3 is 3.07 bits per heavy atom. The summed E-state index contributed by atoms with van der Waals surface area (Å²) in [6.07, 6.45) is 6.68. The predicted octanol–water partition coefficient (Wildman–Crippen LogP) is 1.18. The number of H-pyrrole nitrogens is 1. The van der Waals surface area contributed by atoms with E-state index in [2.05, 4.69) is 35.3 Å². The fraction of sp³-hybridized carbons (Fsp3) is 0.500. The second kappa shape index (κ2) is 7.83. The average molecular weight is 368 g/mol. The zero-order valence-electron chi connectivity index (χ0n) is 15.4. The van der Waals surface area contributed by atoms with Crippen molar-refractivity contribution >= 4 is 17.0 Å². The molecule has 27 heavy (non-hydrogen) atoms. The average Bonchev–Trinajstić information content (AvgIpc) is 3.17. The zero-order chi connectivity index (χ0) is 18.6. The van der Waals surface area contributed by atoms with Crippen LogP contribution in [0.1, 0.15) is 25.0 Å². The van der Waals surface area contributed by atoms with Crippen LogP contribution < -0.4 is 10.9 Å². The number of imidazole rings is 1. The predicted molar refractivity (Wildman–Crippen MR) is 103 cm³/mol. The molecule has 1 aliphatic heterocycles. The Balaban J connectivity index is 1.41. The number of aromatic nitrogens is 6. The molecular formula is C18H24N8O. The Bertz CT molecular complexity index is 965. The molecule has 1 saturated heterocycles. The van der Waals surface area contributed by atoms with Crippen molar-refractivity contribution in [2.24, 2.45) is 0 Å². The van der Waals surface area contributed by atoms with Gasteiger partial charge in [0.25, 0.3) is 5.56 Å². The number of piperidine rings is 1. The lowest BCUT2D eigenvalue weighted by atomic mass is 10.0. The van der Waals surface area contributed by atoms with E-state index in [0.717, 1.165) is 43.1 Å². The van der Waals surface area contributed by atoms with Crippen LogP contribution in [0.3, 0.4) is 0 Å². The Kier molecular flexibility index (Phi) is 5.10. The standard InChI is InChI=1S/C18H24N8O/c1-13-5-6-15(27)26(24-13)9-8-25-7-3-2-4-14(25)10-19-17-16-18(21-11-20-16)23-12-22-17/h5-6,11-12,14H,2-4,7-10H2,1H3,(H2,19,20,21,22,23). The van der Waals surface area contributed by atoms with Gasteiger partial charge in [0.15, 0.2) is 11.5 Å². The first-order chi connectivity index (χ1) is 13.2. The summed E-state index contributed by atoms with van der Waals surface area (Å²) in [7, 11) is 0. The zero-order valence-corrected chi connectivity index (χ0v) is 15.4. The Hall–Kier alpha value is -2.81. The molecule has 1 unspecified atom stereocenters. The minimum Gasteiger partial charge on any atom is -0.367 e. The Labute approximate surface area is 156 Å². The van der Waals surface area contributed by atoms with Gasteiger partial charge in [0, 0.05) is 25.2 Å². The number of hydrogen-bond donors (Lipinski definition) is 2. The number of rotatable bonds is 6. The van der Waals surface area contributed by atoms with E-state index in [1.165, 1.54) is 19.2 Å². The highest BCUT2D eigenvalue weighted by atomic mass is 16.1. The first kappa shape index (κ1) is 17.6. The maximum atomic E-state index is 12.0. The number of nitrogens with one attached hydrogen (secondary N) is 2. The van der Waals surface area contributed by atoms with Crippen molar-refractivity contribution in [2.45, 2.75) is 38.8 Å². The highest BCUT2D eigenvalue weighted by Gasteiger charge is 2.22. The highest BCUT2D eigenvalue weighted by molar-refractivity contribution is 5.81. The van der Waals surface area contributed by atoms with Gasteiger partial charge >= 0.3 is 0 Å². The number of anilines is 1. The fourth-order valence-corrected chi connectivity index (χ4v) is 3.63. The number of hydrogen-bond acceptors (Lipinski definition) is 7. The summed E-state index contributed by atoms with van der Waals surface area (Å²) in [6, 6.07) is 3.74. The maximum absolute atomic E-state index is 12.0. The van der Waals surface area contributed by atoms with E-state index in [0.29, 0.717) is 18.2 Å². The largest absolute Gasteiger partial charge is 0.367 e. The van der Waals surface area contributed by atoms with Crippen molar-refractivity contribution in [2.75, 3.05) is 25.0 Å². The first-order valence-electron chi connectivity index (χ1n) is 9.37. The Morgan fingerprint density at radius 2 is 2.15 bits per heavy atom. The lowest BCUT2D eigenvalue weighted by Crippen LogP contribution is -2.45. The van der Waals surface area contributed by atoms with Crippen molar-refractivity contribution in [1.29, 1.82) is 0 Å². The van der Waals surface area contributed by atoms with E-state index in [-0.39, 0.29) is 5.56 Å². The summed E-state index contributed by atoms with van der Waals surface area (Å²) in [4.78, 5) is 30.2. The van der Waals surface area contributed by atoms with Gasteiger partial charge in [0.05, 0.1) is 18.6 Å². The Morgan fingerprint density at radius 1 is 1.22 bits per heavy atom. The molecule has 0 aliphatic carbocycles. The van der Waals surface area contributed by atoms with Crippen LogP contribution in [0, 0.1) is 6.92 Å². The molecule has 2 N–H and O–H groups in total. The van der Waals surface area contributed by atoms with Crippen LogP contribution >= 0.6 is 0 Å². The second-order valence-corrected chi connectivity index (χ2v) is 6.93. The van der Waals surface area contributed by atoms with E-state index in [4.69, 9.17) is 0 Å². The summed E-state index contributed by atoms with van der Waals surface area (Å²) in [5.74, 6) is 0.777. The molecule has 142 valence electrons. The monoisotopic (exact) mass is 368 g/mol. The molecule has 1 atom stereocenters. The van der Waals surface area contributed by atoms with Crippen LogP contribution in [0.25, 0.3) is 11.2 Å². The quantitative estimate of drug-likeness (QED) is 0.673. The van der Waals surface area contributed by atoms with Crippen molar-refractivity contribution in [3.05, 3.63) is 40.8 Å². The highest BCUT2D eigenvalue weighted by Crippen LogP contribution is 2.19. The molecule has 0 spiro atoms. The molecule has 0 aromatic carbocycles. The van der Waals surface area contributed by atoms with Gasteiger partial charge in [0.2, 0.25) is 0 Å². The number of nitrogens with zero attached hydrogens (tertiary/aromatic N) is 6. The molecule has 9 nitrogen and oxygen atoms in total. The fourth-order valence-electron chi connectivity index (χ4n) is 3.63. The normalized spacial score (nSPS) is 18.0. The molecule has 4 rings (SSSR count). The van der Waals surface area contributed by atoms with Crippen molar-refractivity contribution in [1.82, 2.24) is 34.6 Å². The third-order valence-corrected chi connectivity index (χ3v) is 5.08. The van der Waals surface area contributed by atoms with Crippen LogP contribution in [-0.2, 0) is 6.54 Å². The van der Waals surface area contributed by atoms with Crippen molar-refractivity contribution < 1.29 is 0 Å². The van der Waals surface area contributed by atoms with E-state index < -0.39 is 0 Å². The molecule has 0 saturated carbocycles. The van der Waals surface area contributed by atoms with Gasteiger partial charge in [-0.1, -0.05) is 6.42 Å². The third-order valence-electron chi connectivity index (χ3n) is 5.08. The van der Waals surface area contributed by atoms with Gasteiger partial charge in [-0.2, -0.15) is 5.10 Å². The van der Waals surface area contributed by atoms with E-state index in [9.17, 15) is 4.79 Å². The molecule has 3 aromatic rings. The SMILES string of the molecule is Cc1ccc(=O)n(CCN2CCCCC2CNc2ncnc3nc[nH]c23)n1. The molecule has 1 fully saturated rings. The third kappa shape index (κ3) is 3.97. The van der Waals surface area contributed by atoms with Gasteiger partial charge < -0.3 is 10.3 Å². The second-order valence-electron chi connectivity index (χ2n) is 6.93. The van der Waals surface area contributed by atoms with Crippen LogP contribution in [0.4, 0.5) is 5.82 Å². The first-order valence-corrected chi connectivity index (χ1v) is 9.37. The number of aryl methyl sites for hydroxylation is 1. The van der Waals surface area contributed by atoms with Gasteiger partial charge in [-0.15, -0.1) is 0 Å². The maximum Gasteiger partial charge on any atom is 0.266 e. The van der Waals surface area contributed by atoms with Crippen LogP contribution in [0.2, 0.25) is 0 Å². The van der Waals surface area contributed by atoms with Gasteiger partial charge in [0.1, 0.15) is 11.8 Å². The summed E-state index contributed by atoms with van der Waals surface area (Å²) >= 11 is 0. The number of fused-ring (bicyclic) bond motifs is 1. The van der Waals surface area contributed by atoms with Crippen LogP contribution in [0.15, 0.2) is 29.6 Å². The molecule has 3 aromatic heterocycles. The summed E-state index contributed by atoms with van der Waals surface area (Å²) < 4.78 is 1.56. The number of aromatic amines is 1. The van der Waals surface area contributed by atoms with Crippen LogP contribution in [0.5, 0.6) is 0 Å². The van der Waals surface area contributed by atoms with Gasteiger partial charge in [-0.05, 0) is 32.4 Å². The minimum absolute atomic E-state index is 0.0464. The van der Waals surface area contributed by atoms with E-state index in [1.807, 2.05) is 6.92 Å². The van der Waals surface area contributed by atoms with E-state index >= 15 is 0 Å². The van der Waals surface area contributed by atoms with Gasteiger partial charge in [-0.25, -0.2) is 19.6 Å². The molecule has 0 amide bonds. The topological polar surface area (TPSA) is 105 Å². The lowest BCUT2D eigenvalue weighted by molar-refractivity contribution is 0.148. The minimum atomic E-state index is -0.0464. The van der Waals surface area contributed by atoms with Crippen molar-refractivity contribution in [3.8, 4) is 0 Å². The van der Waals surface area contributed by atoms with E-state index in [1.54, 1.807) is 23.1 Å². The summed E-state index contributed by atoms with van der Waals surface area (Å²) in [5, 5.41) is 7.78. The molecular weight excluding hydrogens is 344 g/mol. The van der Waals surface area contributed by atoms with Gasteiger partial charge in [-0.3, -0.25) is 9.69 Å². The molecule has 9 heteroatoms. The summed E-state index contributed by atoms with van der Waals surface area (Å²) in [6.45, 7) is 5.15. The molecule has 0 radical (unpaired) electrons. The smallest absolute Gasteiger partial charge is 0.266 e.